The van der Waals surface area contributed by atoms with Gasteiger partial charge in [-0.15, -0.1) is 0 Å². The molecule has 0 heterocycles. The van der Waals surface area contributed by atoms with E-state index in [2.05, 4.69) is 26.1 Å². The predicted octanol–water partition coefficient (Wildman–Crippen LogP) is 2.59. The lowest BCUT2D eigenvalue weighted by Gasteiger charge is -2.33. The van der Waals surface area contributed by atoms with Crippen molar-refractivity contribution in [2.24, 2.45) is 11.7 Å². The minimum atomic E-state index is -0.595. The summed E-state index contributed by atoms with van der Waals surface area (Å²) in [7, 11) is 0. The minimum Gasteiger partial charge on any atom is -0.352 e. The van der Waals surface area contributed by atoms with Crippen LogP contribution in [0.3, 0.4) is 0 Å². The molecule has 1 rings (SSSR count). The van der Waals surface area contributed by atoms with Crippen LogP contribution in [-0.4, -0.2) is 17.5 Å². The first-order valence-corrected chi connectivity index (χ1v) is 7.08. The van der Waals surface area contributed by atoms with Crippen molar-refractivity contribution < 1.29 is 4.79 Å². The molecule has 2 atom stereocenters. The summed E-state index contributed by atoms with van der Waals surface area (Å²) < 4.78 is 0. The second-order valence-corrected chi connectivity index (χ2v) is 5.84. The molecule has 1 aliphatic rings. The van der Waals surface area contributed by atoms with Crippen molar-refractivity contribution in [2.75, 3.05) is 0 Å². The molecule has 1 saturated carbocycles. The maximum Gasteiger partial charge on any atom is 0.240 e. The fourth-order valence-electron chi connectivity index (χ4n) is 2.61. The van der Waals surface area contributed by atoms with E-state index in [4.69, 9.17) is 5.73 Å². The lowest BCUT2D eigenvalue weighted by atomic mass is 9.81. The molecule has 0 aromatic rings. The monoisotopic (exact) mass is 240 g/mol. The van der Waals surface area contributed by atoms with Gasteiger partial charge in [-0.2, -0.15) is 0 Å². The summed E-state index contributed by atoms with van der Waals surface area (Å²) in [5.74, 6) is 0.721. The van der Waals surface area contributed by atoms with Crippen molar-refractivity contribution in [3.63, 3.8) is 0 Å². The van der Waals surface area contributed by atoms with Crippen LogP contribution in [0.1, 0.15) is 65.7 Å². The molecule has 1 aliphatic carbocycles. The van der Waals surface area contributed by atoms with Crippen LogP contribution < -0.4 is 11.1 Å². The van der Waals surface area contributed by atoms with E-state index < -0.39 is 5.54 Å². The second kappa shape index (κ2) is 6.39. The molecule has 3 N–H and O–H groups in total. The zero-order valence-corrected chi connectivity index (χ0v) is 11.6. The van der Waals surface area contributed by atoms with E-state index in [1.165, 1.54) is 6.42 Å². The average molecular weight is 240 g/mol. The SMILES string of the molecule is CCC(C)CC(C)NC(=O)C1(N)CCCCC1. The van der Waals surface area contributed by atoms with Gasteiger partial charge in [0.1, 0.15) is 0 Å². The van der Waals surface area contributed by atoms with E-state index in [9.17, 15) is 4.79 Å². The maximum absolute atomic E-state index is 12.2. The van der Waals surface area contributed by atoms with Crippen molar-refractivity contribution in [2.45, 2.75) is 77.3 Å². The van der Waals surface area contributed by atoms with Crippen molar-refractivity contribution in [3.8, 4) is 0 Å². The van der Waals surface area contributed by atoms with Crippen LogP contribution in [0.15, 0.2) is 0 Å². The van der Waals surface area contributed by atoms with E-state index in [-0.39, 0.29) is 11.9 Å². The molecule has 2 unspecified atom stereocenters. The van der Waals surface area contributed by atoms with Crippen molar-refractivity contribution >= 4 is 5.91 Å². The fourth-order valence-corrected chi connectivity index (χ4v) is 2.61. The van der Waals surface area contributed by atoms with Gasteiger partial charge in [-0.3, -0.25) is 4.79 Å². The van der Waals surface area contributed by atoms with Gasteiger partial charge in [-0.1, -0.05) is 39.5 Å². The molecule has 0 aliphatic heterocycles. The summed E-state index contributed by atoms with van der Waals surface area (Å²) in [4.78, 5) is 12.2. The Balaban J connectivity index is 2.42. The first-order chi connectivity index (χ1) is 7.98. The van der Waals surface area contributed by atoms with Crippen molar-refractivity contribution in [3.05, 3.63) is 0 Å². The summed E-state index contributed by atoms with van der Waals surface area (Å²) in [6.07, 6.45) is 7.28. The summed E-state index contributed by atoms with van der Waals surface area (Å²) in [6, 6.07) is 0.236. The topological polar surface area (TPSA) is 55.1 Å². The Labute approximate surface area is 106 Å². The summed E-state index contributed by atoms with van der Waals surface area (Å²) in [6.45, 7) is 6.49. The number of carbonyl (C=O) groups is 1. The van der Waals surface area contributed by atoms with E-state index in [0.29, 0.717) is 5.92 Å². The molecule has 0 aromatic heterocycles. The molecular weight excluding hydrogens is 212 g/mol. The van der Waals surface area contributed by atoms with Crippen LogP contribution in [0.5, 0.6) is 0 Å². The first-order valence-electron chi connectivity index (χ1n) is 7.08. The number of rotatable bonds is 5. The summed E-state index contributed by atoms with van der Waals surface area (Å²) in [5.41, 5.74) is 5.61. The highest BCUT2D eigenvalue weighted by Crippen LogP contribution is 2.26. The quantitative estimate of drug-likeness (QED) is 0.776. The van der Waals surface area contributed by atoms with Gasteiger partial charge in [0.25, 0.3) is 0 Å². The smallest absolute Gasteiger partial charge is 0.240 e. The van der Waals surface area contributed by atoms with Crippen LogP contribution in [0.25, 0.3) is 0 Å². The lowest BCUT2D eigenvalue weighted by molar-refractivity contribution is -0.128. The Morgan fingerprint density at radius 1 is 1.29 bits per heavy atom. The molecule has 3 heteroatoms. The molecule has 1 fully saturated rings. The average Bonchev–Trinajstić information content (AvgIpc) is 2.29. The Morgan fingerprint density at radius 2 is 1.88 bits per heavy atom. The first kappa shape index (κ1) is 14.5. The van der Waals surface area contributed by atoms with E-state index in [0.717, 1.165) is 38.5 Å². The summed E-state index contributed by atoms with van der Waals surface area (Å²) >= 11 is 0. The molecule has 100 valence electrons. The normalized spacial score (nSPS) is 22.8. The number of amides is 1. The van der Waals surface area contributed by atoms with Crippen LogP contribution >= 0.6 is 0 Å². The van der Waals surface area contributed by atoms with Gasteiger partial charge in [0.05, 0.1) is 5.54 Å². The fraction of sp³-hybridized carbons (Fsp3) is 0.929. The number of hydrogen-bond acceptors (Lipinski definition) is 2. The van der Waals surface area contributed by atoms with E-state index in [1.54, 1.807) is 0 Å². The Bertz CT molecular complexity index is 247. The van der Waals surface area contributed by atoms with Gasteiger partial charge >= 0.3 is 0 Å². The van der Waals surface area contributed by atoms with Crippen molar-refractivity contribution in [1.29, 1.82) is 0 Å². The van der Waals surface area contributed by atoms with Gasteiger partial charge in [-0.05, 0) is 32.1 Å². The van der Waals surface area contributed by atoms with Crippen LogP contribution in [-0.2, 0) is 4.79 Å². The maximum atomic E-state index is 12.2. The third-order valence-corrected chi connectivity index (χ3v) is 4.03. The van der Waals surface area contributed by atoms with Gasteiger partial charge in [0.15, 0.2) is 0 Å². The van der Waals surface area contributed by atoms with E-state index >= 15 is 0 Å². The zero-order chi connectivity index (χ0) is 12.9. The van der Waals surface area contributed by atoms with Crippen molar-refractivity contribution in [1.82, 2.24) is 5.32 Å². The van der Waals surface area contributed by atoms with Crippen LogP contribution in [0.2, 0.25) is 0 Å². The number of carbonyl (C=O) groups excluding carboxylic acids is 1. The highest BCUT2D eigenvalue weighted by molar-refractivity contribution is 5.86. The highest BCUT2D eigenvalue weighted by atomic mass is 16.2. The Hall–Kier alpha value is -0.570. The van der Waals surface area contributed by atoms with Gasteiger partial charge in [0.2, 0.25) is 5.91 Å². The summed E-state index contributed by atoms with van der Waals surface area (Å²) in [5, 5.41) is 3.09. The Morgan fingerprint density at radius 3 is 2.41 bits per heavy atom. The van der Waals surface area contributed by atoms with Crippen LogP contribution in [0.4, 0.5) is 0 Å². The molecule has 1 amide bonds. The lowest BCUT2D eigenvalue weighted by Crippen LogP contribution is -2.56. The highest BCUT2D eigenvalue weighted by Gasteiger charge is 2.35. The molecule has 0 saturated heterocycles. The van der Waals surface area contributed by atoms with Gasteiger partial charge in [-0.25, -0.2) is 0 Å². The largest absolute Gasteiger partial charge is 0.352 e. The molecule has 0 radical (unpaired) electrons. The standard InChI is InChI=1S/C14H28N2O/c1-4-11(2)10-12(3)16-13(17)14(15)8-6-5-7-9-14/h11-12H,4-10,15H2,1-3H3,(H,16,17). The van der Waals surface area contributed by atoms with Gasteiger partial charge < -0.3 is 11.1 Å². The number of hydrogen-bond donors (Lipinski definition) is 2. The van der Waals surface area contributed by atoms with Gasteiger partial charge in [0, 0.05) is 6.04 Å². The number of nitrogens with one attached hydrogen (secondary N) is 1. The third-order valence-electron chi connectivity index (χ3n) is 4.03. The number of nitrogens with two attached hydrogens (primary N) is 1. The Kier molecular flexibility index (Phi) is 5.44. The molecule has 0 bridgehead atoms. The predicted molar refractivity (Wildman–Crippen MR) is 71.7 cm³/mol. The molecule has 0 aromatic carbocycles. The molecule has 0 spiro atoms. The minimum absolute atomic E-state index is 0.0630. The molecular formula is C14H28N2O. The van der Waals surface area contributed by atoms with E-state index in [1.807, 2.05) is 0 Å². The molecule has 17 heavy (non-hydrogen) atoms. The molecule has 3 nitrogen and oxygen atoms in total. The third kappa shape index (κ3) is 4.30. The van der Waals surface area contributed by atoms with Crippen LogP contribution in [0, 0.1) is 5.92 Å². The second-order valence-electron chi connectivity index (χ2n) is 5.84. The zero-order valence-electron chi connectivity index (χ0n) is 11.6.